The van der Waals surface area contributed by atoms with Gasteiger partial charge in [0.05, 0.1) is 16.1 Å². The van der Waals surface area contributed by atoms with Crippen LogP contribution < -0.4 is 9.62 Å². The molecule has 5 nitrogen and oxygen atoms in total. The molecule has 9 heteroatoms. The highest BCUT2D eigenvalue weighted by atomic mass is 32.2. The van der Waals surface area contributed by atoms with Crippen molar-refractivity contribution in [1.29, 1.82) is 0 Å². The zero-order chi connectivity index (χ0) is 24.0. The van der Waals surface area contributed by atoms with Gasteiger partial charge in [0, 0.05) is 17.3 Å². The fourth-order valence-corrected chi connectivity index (χ4v) is 5.60. The lowest BCUT2D eigenvalue weighted by Crippen LogP contribution is -2.35. The predicted octanol–water partition coefficient (Wildman–Crippen LogP) is 5.41. The number of nitrogens with zero attached hydrogens (tertiary/aromatic N) is 1. The Hall–Kier alpha value is -3.33. The van der Waals surface area contributed by atoms with Crippen LogP contribution >= 0.6 is 0 Å². The fraction of sp³-hybridized carbons (Fsp3) is 0.208. The van der Waals surface area contributed by atoms with Gasteiger partial charge in [-0.1, -0.05) is 23.8 Å². The number of hydrogen-bond donors (Lipinski definition) is 1. The van der Waals surface area contributed by atoms with E-state index in [4.69, 9.17) is 0 Å². The van der Waals surface area contributed by atoms with E-state index in [9.17, 15) is 26.4 Å². The molecule has 3 aromatic rings. The Bertz CT molecular complexity index is 1320. The van der Waals surface area contributed by atoms with Gasteiger partial charge in [-0.25, -0.2) is 8.42 Å². The Labute approximate surface area is 189 Å². The maximum Gasteiger partial charge on any atom is 0.416 e. The summed E-state index contributed by atoms with van der Waals surface area (Å²) >= 11 is 0. The highest BCUT2D eigenvalue weighted by Gasteiger charge is 2.36. The van der Waals surface area contributed by atoms with Gasteiger partial charge in [-0.05, 0) is 74.4 Å². The summed E-state index contributed by atoms with van der Waals surface area (Å²) in [7, 11) is -3.79. The standard InChI is InChI=1S/C24H21F3N2O3S/c1-15-6-9-21(10-7-15)33(31,32)29-16(2)12-18-13-17(8-11-22(18)29)23(30)28-20-5-3-4-19(14-20)24(25,26)27/h3-11,13-14,16H,12H2,1-2H3,(H,28,30)/t16-/m1/s1. The van der Waals surface area contributed by atoms with E-state index in [0.29, 0.717) is 17.7 Å². The number of nitrogens with one attached hydrogen (secondary N) is 1. The highest BCUT2D eigenvalue weighted by Crippen LogP contribution is 2.37. The molecule has 1 N–H and O–H groups in total. The van der Waals surface area contributed by atoms with Crippen molar-refractivity contribution in [3.8, 4) is 0 Å². The number of benzene rings is 3. The third-order valence-electron chi connectivity index (χ3n) is 5.52. The Morgan fingerprint density at radius 1 is 1.03 bits per heavy atom. The zero-order valence-electron chi connectivity index (χ0n) is 17.8. The first kappa shape index (κ1) is 22.8. The molecule has 0 fully saturated rings. The average Bonchev–Trinajstić information content (AvgIpc) is 3.09. The van der Waals surface area contributed by atoms with Gasteiger partial charge >= 0.3 is 6.18 Å². The minimum atomic E-state index is -4.52. The van der Waals surface area contributed by atoms with Gasteiger partial charge < -0.3 is 5.32 Å². The first-order chi connectivity index (χ1) is 15.5. The lowest BCUT2D eigenvalue weighted by molar-refractivity contribution is -0.137. The van der Waals surface area contributed by atoms with E-state index in [1.165, 1.54) is 22.5 Å². The van der Waals surface area contributed by atoms with Gasteiger partial charge in [-0.2, -0.15) is 13.2 Å². The van der Waals surface area contributed by atoms with Crippen LogP contribution in [0.2, 0.25) is 0 Å². The number of amides is 1. The number of sulfonamides is 1. The molecule has 3 aromatic carbocycles. The van der Waals surface area contributed by atoms with Crippen LogP contribution in [-0.2, 0) is 22.6 Å². The van der Waals surface area contributed by atoms with Crippen LogP contribution in [0.15, 0.2) is 71.6 Å². The van der Waals surface area contributed by atoms with Crippen molar-refractivity contribution >= 4 is 27.3 Å². The molecule has 1 atom stereocenters. The number of carbonyl (C=O) groups is 1. The van der Waals surface area contributed by atoms with Crippen LogP contribution in [0, 0.1) is 6.92 Å². The number of halogens is 3. The summed E-state index contributed by atoms with van der Waals surface area (Å²) in [4.78, 5) is 12.8. The average molecular weight is 475 g/mol. The third-order valence-corrected chi connectivity index (χ3v) is 7.46. The minimum absolute atomic E-state index is 0.0206. The molecular formula is C24H21F3N2O3S. The van der Waals surface area contributed by atoms with E-state index >= 15 is 0 Å². The van der Waals surface area contributed by atoms with Crippen molar-refractivity contribution in [2.75, 3.05) is 9.62 Å². The maximum atomic E-state index is 13.2. The molecule has 0 radical (unpaired) electrons. The molecule has 1 heterocycles. The van der Waals surface area contributed by atoms with E-state index < -0.39 is 27.7 Å². The summed E-state index contributed by atoms with van der Waals surface area (Å²) in [5.41, 5.74) is 1.49. The van der Waals surface area contributed by atoms with Crippen LogP contribution in [0.4, 0.5) is 24.5 Å². The SMILES string of the molecule is Cc1ccc(S(=O)(=O)N2c3ccc(C(=O)Nc4cccc(C(F)(F)F)c4)cc3C[C@H]2C)cc1. The molecule has 0 spiro atoms. The summed E-state index contributed by atoms with van der Waals surface area (Å²) in [6.45, 7) is 3.66. The Morgan fingerprint density at radius 3 is 2.39 bits per heavy atom. The summed E-state index contributed by atoms with van der Waals surface area (Å²) in [5, 5.41) is 2.47. The summed E-state index contributed by atoms with van der Waals surface area (Å²) in [6.07, 6.45) is -4.11. The Morgan fingerprint density at radius 2 is 1.73 bits per heavy atom. The second kappa shape index (κ2) is 8.22. The van der Waals surface area contributed by atoms with E-state index in [-0.39, 0.29) is 22.2 Å². The summed E-state index contributed by atoms with van der Waals surface area (Å²) < 4.78 is 66.6. The van der Waals surface area contributed by atoms with Crippen molar-refractivity contribution in [2.45, 2.75) is 37.4 Å². The predicted molar refractivity (Wildman–Crippen MR) is 120 cm³/mol. The number of anilines is 2. The molecule has 0 saturated carbocycles. The molecule has 33 heavy (non-hydrogen) atoms. The van der Waals surface area contributed by atoms with E-state index in [2.05, 4.69) is 5.32 Å². The molecule has 1 amide bonds. The molecule has 1 aliphatic rings. The molecule has 0 aliphatic carbocycles. The van der Waals surface area contributed by atoms with Gasteiger partial charge in [0.15, 0.2) is 0 Å². The van der Waals surface area contributed by atoms with Crippen molar-refractivity contribution in [2.24, 2.45) is 0 Å². The smallest absolute Gasteiger partial charge is 0.322 e. The maximum absolute atomic E-state index is 13.2. The first-order valence-electron chi connectivity index (χ1n) is 10.2. The van der Waals surface area contributed by atoms with Gasteiger partial charge in [-0.3, -0.25) is 9.10 Å². The molecule has 4 rings (SSSR count). The van der Waals surface area contributed by atoms with E-state index in [1.54, 1.807) is 43.3 Å². The molecule has 1 aliphatic heterocycles. The van der Waals surface area contributed by atoms with Gasteiger partial charge in [0.1, 0.15) is 0 Å². The van der Waals surface area contributed by atoms with Crippen molar-refractivity contribution < 1.29 is 26.4 Å². The van der Waals surface area contributed by atoms with Crippen LogP contribution in [0.3, 0.4) is 0 Å². The van der Waals surface area contributed by atoms with Crippen LogP contribution in [-0.4, -0.2) is 20.4 Å². The highest BCUT2D eigenvalue weighted by molar-refractivity contribution is 7.92. The molecular weight excluding hydrogens is 453 g/mol. The lowest BCUT2D eigenvalue weighted by Gasteiger charge is -2.24. The van der Waals surface area contributed by atoms with Crippen molar-refractivity contribution in [1.82, 2.24) is 0 Å². The molecule has 0 aromatic heterocycles. The number of carbonyl (C=O) groups excluding carboxylic acids is 1. The normalized spacial score (nSPS) is 15.9. The monoisotopic (exact) mass is 474 g/mol. The van der Waals surface area contributed by atoms with E-state index in [1.807, 2.05) is 6.92 Å². The van der Waals surface area contributed by atoms with Crippen molar-refractivity contribution in [3.63, 3.8) is 0 Å². The molecule has 172 valence electrons. The first-order valence-corrected chi connectivity index (χ1v) is 11.6. The van der Waals surface area contributed by atoms with Crippen molar-refractivity contribution in [3.05, 3.63) is 89.0 Å². The number of hydrogen-bond acceptors (Lipinski definition) is 3. The second-order valence-corrected chi connectivity index (χ2v) is 9.86. The van der Waals surface area contributed by atoms with Crippen LogP contribution in [0.5, 0.6) is 0 Å². The topological polar surface area (TPSA) is 66.5 Å². The number of rotatable bonds is 4. The molecule has 0 unspecified atom stereocenters. The number of fused-ring (bicyclic) bond motifs is 1. The van der Waals surface area contributed by atoms with Crippen LogP contribution in [0.1, 0.15) is 34.0 Å². The minimum Gasteiger partial charge on any atom is -0.322 e. The second-order valence-electron chi connectivity index (χ2n) is 8.04. The van der Waals surface area contributed by atoms with Gasteiger partial charge in [-0.15, -0.1) is 0 Å². The van der Waals surface area contributed by atoms with Gasteiger partial charge in [0.25, 0.3) is 15.9 Å². The number of aryl methyl sites for hydroxylation is 1. The number of alkyl halides is 3. The Kier molecular flexibility index (Phi) is 5.69. The quantitative estimate of drug-likeness (QED) is 0.550. The summed E-state index contributed by atoms with van der Waals surface area (Å²) in [5.74, 6) is -0.579. The Balaban J connectivity index is 1.60. The lowest BCUT2D eigenvalue weighted by atomic mass is 10.1. The van der Waals surface area contributed by atoms with Gasteiger partial charge in [0.2, 0.25) is 0 Å². The zero-order valence-corrected chi connectivity index (χ0v) is 18.7. The fourth-order valence-electron chi connectivity index (χ4n) is 3.91. The molecule has 0 saturated heterocycles. The third kappa shape index (κ3) is 4.45. The van der Waals surface area contributed by atoms with Crippen LogP contribution in [0.25, 0.3) is 0 Å². The summed E-state index contributed by atoms with van der Waals surface area (Å²) in [6, 6.07) is 15.2. The molecule has 0 bridgehead atoms. The van der Waals surface area contributed by atoms with E-state index in [0.717, 1.165) is 17.7 Å². The largest absolute Gasteiger partial charge is 0.416 e.